The van der Waals surface area contributed by atoms with Crippen molar-refractivity contribution in [3.63, 3.8) is 0 Å². The van der Waals surface area contributed by atoms with E-state index in [1.54, 1.807) is 6.92 Å². The molecule has 162 valence electrons. The van der Waals surface area contributed by atoms with E-state index in [1.807, 2.05) is 0 Å². The van der Waals surface area contributed by atoms with Crippen molar-refractivity contribution in [2.24, 2.45) is 17.3 Å². The van der Waals surface area contributed by atoms with Crippen molar-refractivity contribution in [2.75, 3.05) is 13.1 Å². The Morgan fingerprint density at radius 2 is 2.13 bits per heavy atom. The molecule has 1 unspecified atom stereocenters. The smallest absolute Gasteiger partial charge is 0.426 e. The largest absolute Gasteiger partial charge is 0.464 e. The fourth-order valence-electron chi connectivity index (χ4n) is 4.68. The van der Waals surface area contributed by atoms with Crippen molar-refractivity contribution in [3.05, 3.63) is 17.5 Å². The van der Waals surface area contributed by atoms with Crippen LogP contribution >= 0.6 is 0 Å². The number of nitrogens with zero attached hydrogens (tertiary/aromatic N) is 2. The van der Waals surface area contributed by atoms with Gasteiger partial charge in [-0.15, -0.1) is 0 Å². The lowest BCUT2D eigenvalue weighted by Crippen LogP contribution is -2.60. The number of rotatable bonds is 7. The lowest BCUT2D eigenvalue weighted by Gasteiger charge is -2.63. The molecular formula is C19H25N5O6. The zero-order valence-electron chi connectivity index (χ0n) is 16.6. The third-order valence-corrected chi connectivity index (χ3v) is 6.33. The maximum absolute atomic E-state index is 12.9. The summed E-state index contributed by atoms with van der Waals surface area (Å²) >= 11 is 0. The number of aromatic nitrogens is 1. The summed E-state index contributed by atoms with van der Waals surface area (Å²) in [6.45, 7) is 1.98. The molecule has 1 aromatic heterocycles. The van der Waals surface area contributed by atoms with Crippen LogP contribution in [-0.2, 0) is 9.59 Å². The van der Waals surface area contributed by atoms with Crippen molar-refractivity contribution < 1.29 is 28.8 Å². The second-order valence-corrected chi connectivity index (χ2v) is 8.68. The van der Waals surface area contributed by atoms with Gasteiger partial charge in [-0.1, -0.05) is 5.16 Å². The molecule has 4 aliphatic rings. The number of hydrogen-bond donors (Lipinski definition) is 4. The Bertz CT molecular complexity index is 866. The Balaban J connectivity index is 1.44. The number of hydrazine groups is 1. The van der Waals surface area contributed by atoms with E-state index in [0.29, 0.717) is 31.1 Å². The predicted molar refractivity (Wildman–Crippen MR) is 101 cm³/mol. The highest BCUT2D eigenvalue weighted by Crippen LogP contribution is 2.66. The topological polar surface area (TPSA) is 154 Å². The van der Waals surface area contributed by atoms with Crippen LogP contribution in [0.4, 0.5) is 4.79 Å². The molecule has 30 heavy (non-hydrogen) atoms. The van der Waals surface area contributed by atoms with Gasteiger partial charge in [0.05, 0.1) is 12.5 Å². The number of carbonyl (C=O) groups is 4. The summed E-state index contributed by atoms with van der Waals surface area (Å²) in [6.07, 6.45) is 2.59. The highest BCUT2D eigenvalue weighted by atomic mass is 16.5. The van der Waals surface area contributed by atoms with Crippen LogP contribution in [0, 0.1) is 24.2 Å². The molecule has 1 aromatic rings. The van der Waals surface area contributed by atoms with Gasteiger partial charge >= 0.3 is 6.09 Å². The van der Waals surface area contributed by atoms with E-state index in [0.717, 1.165) is 24.3 Å². The first-order chi connectivity index (χ1) is 14.2. The van der Waals surface area contributed by atoms with E-state index in [1.165, 1.54) is 6.07 Å². The number of amides is 4. The molecule has 1 aliphatic heterocycles. The molecule has 3 saturated carbocycles. The van der Waals surface area contributed by atoms with Gasteiger partial charge in [0.25, 0.3) is 11.8 Å². The lowest BCUT2D eigenvalue weighted by atomic mass is 9.43. The van der Waals surface area contributed by atoms with Crippen LogP contribution in [0.3, 0.4) is 0 Å². The number of carbonyl (C=O) groups excluding carboxylic acids is 3. The predicted octanol–water partition coefficient (Wildman–Crippen LogP) is 0.419. The van der Waals surface area contributed by atoms with Gasteiger partial charge in [-0.3, -0.25) is 19.8 Å². The van der Waals surface area contributed by atoms with E-state index >= 15 is 0 Å². The molecule has 0 radical (unpaired) electrons. The summed E-state index contributed by atoms with van der Waals surface area (Å²) in [5.41, 5.74) is 2.45. The van der Waals surface area contributed by atoms with Crippen LogP contribution < -0.4 is 16.1 Å². The summed E-state index contributed by atoms with van der Waals surface area (Å²) in [4.78, 5) is 48.9. The van der Waals surface area contributed by atoms with Crippen molar-refractivity contribution in [1.29, 1.82) is 0 Å². The van der Waals surface area contributed by atoms with Crippen LogP contribution in [0.2, 0.25) is 0 Å². The second kappa shape index (κ2) is 7.62. The van der Waals surface area contributed by atoms with Gasteiger partial charge in [0.1, 0.15) is 11.8 Å². The van der Waals surface area contributed by atoms with Gasteiger partial charge in [0.15, 0.2) is 5.69 Å². The summed E-state index contributed by atoms with van der Waals surface area (Å²) in [5, 5.41) is 19.2. The molecule has 4 fully saturated rings. The molecule has 4 N–H and O–H groups in total. The molecule has 2 heterocycles. The summed E-state index contributed by atoms with van der Waals surface area (Å²) in [7, 11) is 0. The van der Waals surface area contributed by atoms with E-state index < -0.39 is 29.9 Å². The first kappa shape index (κ1) is 20.2. The zero-order valence-corrected chi connectivity index (χ0v) is 16.6. The molecule has 11 heteroatoms. The maximum Gasteiger partial charge on any atom is 0.426 e. The number of aryl methyl sites for hydroxylation is 1. The number of carboxylic acid groups (broad SMARTS) is 1. The van der Waals surface area contributed by atoms with Crippen LogP contribution in [-0.4, -0.2) is 58.2 Å². The molecule has 0 aromatic carbocycles. The Morgan fingerprint density at radius 1 is 1.40 bits per heavy atom. The van der Waals surface area contributed by atoms with Crippen LogP contribution in [0.15, 0.2) is 10.6 Å². The molecule has 3 aliphatic carbocycles. The molecule has 5 rings (SSSR count). The SMILES string of the molecule is Cc1cc(C(=O)N[C@@H](CC23CC(C2)C3)C(=O)NN(CC2CCNC2=O)C(=O)O)no1. The van der Waals surface area contributed by atoms with Crippen molar-refractivity contribution >= 4 is 23.8 Å². The molecule has 2 bridgehead atoms. The Morgan fingerprint density at radius 3 is 2.63 bits per heavy atom. The van der Waals surface area contributed by atoms with Crippen molar-refractivity contribution in [3.8, 4) is 0 Å². The quantitative estimate of drug-likeness (QED) is 0.467. The third kappa shape index (κ3) is 3.96. The van der Waals surface area contributed by atoms with E-state index in [-0.39, 0.29) is 23.6 Å². The van der Waals surface area contributed by atoms with Crippen molar-refractivity contribution in [1.82, 2.24) is 26.2 Å². The first-order valence-electron chi connectivity index (χ1n) is 10.1. The standard InChI is InChI=1S/C19H25N5O6/c1-10-4-13(23-30-10)16(26)21-14(8-19-5-11(6-19)7-19)17(27)22-24(18(28)29)9-12-2-3-20-15(12)25/h4,11-12,14H,2-3,5-9H2,1H3,(H,20,25)(H,21,26)(H,22,27)(H,28,29)/t11?,12?,14-,19?/m0/s1. The molecule has 1 saturated heterocycles. The van der Waals surface area contributed by atoms with Gasteiger partial charge in [-0.2, -0.15) is 0 Å². The zero-order chi connectivity index (χ0) is 21.5. The van der Waals surface area contributed by atoms with E-state index in [4.69, 9.17) is 4.52 Å². The molecule has 0 spiro atoms. The molecule has 11 nitrogen and oxygen atoms in total. The average molecular weight is 419 g/mol. The van der Waals surface area contributed by atoms with Gasteiger partial charge in [-0.25, -0.2) is 9.80 Å². The minimum Gasteiger partial charge on any atom is -0.464 e. The minimum atomic E-state index is -1.37. The van der Waals surface area contributed by atoms with Gasteiger partial charge < -0.3 is 20.3 Å². The van der Waals surface area contributed by atoms with Crippen LogP contribution in [0.5, 0.6) is 0 Å². The Hall–Kier alpha value is -3.11. The lowest BCUT2D eigenvalue weighted by molar-refractivity contribution is -0.140. The number of hydrogen-bond acceptors (Lipinski definition) is 6. The third-order valence-electron chi connectivity index (χ3n) is 6.33. The fourth-order valence-corrected chi connectivity index (χ4v) is 4.68. The summed E-state index contributed by atoms with van der Waals surface area (Å²) in [6, 6.07) is 0.545. The van der Waals surface area contributed by atoms with E-state index in [9.17, 15) is 24.3 Å². The summed E-state index contributed by atoms with van der Waals surface area (Å²) in [5.74, 6) is -0.794. The van der Waals surface area contributed by atoms with Gasteiger partial charge in [-0.05, 0) is 50.4 Å². The molecule has 2 atom stereocenters. The Labute approximate surface area is 172 Å². The van der Waals surface area contributed by atoms with Gasteiger partial charge in [0, 0.05) is 12.6 Å². The van der Waals surface area contributed by atoms with E-state index in [2.05, 4.69) is 21.2 Å². The monoisotopic (exact) mass is 419 g/mol. The first-order valence-corrected chi connectivity index (χ1v) is 10.1. The average Bonchev–Trinajstić information content (AvgIpc) is 3.23. The number of nitrogens with one attached hydrogen (secondary N) is 3. The normalized spacial score (nSPS) is 27.3. The van der Waals surface area contributed by atoms with Crippen LogP contribution in [0.1, 0.15) is 48.4 Å². The molecule has 4 amide bonds. The van der Waals surface area contributed by atoms with Gasteiger partial charge in [0.2, 0.25) is 5.91 Å². The minimum absolute atomic E-state index is 0.0269. The highest BCUT2D eigenvalue weighted by molar-refractivity contribution is 5.96. The Kier molecular flexibility index (Phi) is 5.12. The van der Waals surface area contributed by atoms with Crippen molar-refractivity contribution in [2.45, 2.75) is 45.1 Å². The molecular weight excluding hydrogens is 394 g/mol. The van der Waals surface area contributed by atoms with Crippen LogP contribution in [0.25, 0.3) is 0 Å². The second-order valence-electron chi connectivity index (χ2n) is 8.68. The maximum atomic E-state index is 12.9. The fraction of sp³-hybridized carbons (Fsp3) is 0.632. The summed E-state index contributed by atoms with van der Waals surface area (Å²) < 4.78 is 4.91. The highest BCUT2D eigenvalue weighted by Gasteiger charge is 2.57.